The van der Waals surface area contributed by atoms with E-state index in [1.807, 2.05) is 6.92 Å². The minimum absolute atomic E-state index is 0.0242. The average molecular weight is 358 g/mol. The van der Waals surface area contributed by atoms with Crippen LogP contribution in [0.2, 0.25) is 0 Å². The molecule has 0 bridgehead atoms. The second kappa shape index (κ2) is 7.30. The highest BCUT2D eigenvalue weighted by Gasteiger charge is 2.16. The van der Waals surface area contributed by atoms with Crippen molar-refractivity contribution in [2.45, 2.75) is 20.0 Å². The van der Waals surface area contributed by atoms with Gasteiger partial charge >= 0.3 is 11.6 Å². The first-order chi connectivity index (χ1) is 12.6. The maximum absolute atomic E-state index is 11.6. The molecule has 26 heavy (non-hydrogen) atoms. The van der Waals surface area contributed by atoms with Crippen molar-refractivity contribution in [3.05, 3.63) is 45.8 Å². The molecule has 1 aromatic carbocycles. The third-order valence-corrected chi connectivity index (χ3v) is 3.90. The minimum atomic E-state index is -0.551. The fourth-order valence-corrected chi connectivity index (χ4v) is 2.65. The van der Waals surface area contributed by atoms with Gasteiger partial charge in [0.05, 0.1) is 19.8 Å². The summed E-state index contributed by atoms with van der Waals surface area (Å²) in [5.74, 6) is 0.848. The Morgan fingerprint density at radius 1 is 1.15 bits per heavy atom. The molecule has 3 rings (SSSR count). The first-order valence-corrected chi connectivity index (χ1v) is 7.93. The standard InChI is InChI=1S/C18H18N2O6/c1-4-10-8-14(21)26-17-15(10)16(22)19-18(20-17)25-9-11-12(23-2)6-5-7-13(11)24-3/h5-8H,4,9H2,1-3H3,(H,19,20,22). The topological polar surface area (TPSA) is 104 Å². The predicted octanol–water partition coefficient (Wildman–Crippen LogP) is 2.45. The molecule has 0 atom stereocenters. The van der Waals surface area contributed by atoms with E-state index < -0.39 is 5.63 Å². The molecule has 0 saturated heterocycles. The van der Waals surface area contributed by atoms with Crippen molar-refractivity contribution in [1.29, 1.82) is 0 Å². The first-order valence-electron chi connectivity index (χ1n) is 7.93. The van der Waals surface area contributed by atoms with Crippen LogP contribution >= 0.6 is 0 Å². The number of ether oxygens (including phenoxy) is 3. The van der Waals surface area contributed by atoms with Crippen LogP contribution in [0.1, 0.15) is 18.1 Å². The zero-order chi connectivity index (χ0) is 18.7. The normalized spacial score (nSPS) is 10.7. The summed E-state index contributed by atoms with van der Waals surface area (Å²) >= 11 is 0. The molecule has 8 nitrogen and oxygen atoms in total. The molecular weight excluding hydrogens is 340 g/mol. The van der Waals surface area contributed by atoms with Gasteiger partial charge in [0.25, 0.3) is 0 Å². The van der Waals surface area contributed by atoms with Crippen LogP contribution in [0.25, 0.3) is 11.1 Å². The van der Waals surface area contributed by atoms with E-state index in [9.17, 15) is 9.90 Å². The van der Waals surface area contributed by atoms with Gasteiger partial charge in [0.2, 0.25) is 11.6 Å². The lowest BCUT2D eigenvalue weighted by atomic mass is 10.1. The van der Waals surface area contributed by atoms with E-state index in [2.05, 4.69) is 9.97 Å². The fourth-order valence-electron chi connectivity index (χ4n) is 2.65. The Balaban J connectivity index is 1.97. The summed E-state index contributed by atoms with van der Waals surface area (Å²) in [7, 11) is 3.08. The number of nitrogens with zero attached hydrogens (tertiary/aromatic N) is 2. The number of aromatic hydroxyl groups is 1. The molecule has 2 heterocycles. The van der Waals surface area contributed by atoms with Crippen molar-refractivity contribution >= 4 is 11.1 Å². The fraction of sp³-hybridized carbons (Fsp3) is 0.278. The van der Waals surface area contributed by atoms with Gasteiger partial charge in [0.15, 0.2) is 0 Å². The van der Waals surface area contributed by atoms with Crippen molar-refractivity contribution in [2.75, 3.05) is 14.2 Å². The Labute approximate surface area is 149 Å². The number of hydrogen-bond donors (Lipinski definition) is 1. The third kappa shape index (κ3) is 3.26. The Bertz CT molecular complexity index is 977. The van der Waals surface area contributed by atoms with Gasteiger partial charge in [-0.3, -0.25) is 0 Å². The van der Waals surface area contributed by atoms with E-state index in [1.165, 1.54) is 20.3 Å². The van der Waals surface area contributed by atoms with E-state index in [0.29, 0.717) is 34.4 Å². The van der Waals surface area contributed by atoms with Crippen molar-refractivity contribution in [3.8, 4) is 23.4 Å². The smallest absolute Gasteiger partial charge is 0.337 e. The van der Waals surface area contributed by atoms with E-state index in [0.717, 1.165) is 0 Å². The molecule has 3 aromatic rings. The van der Waals surface area contributed by atoms with Gasteiger partial charge in [-0.2, -0.15) is 9.97 Å². The molecule has 136 valence electrons. The number of fused-ring (bicyclic) bond motifs is 1. The quantitative estimate of drug-likeness (QED) is 0.716. The Hall–Kier alpha value is -3.29. The number of hydrogen-bond acceptors (Lipinski definition) is 8. The lowest BCUT2D eigenvalue weighted by Gasteiger charge is -2.13. The van der Waals surface area contributed by atoms with E-state index in [-0.39, 0.29) is 24.2 Å². The lowest BCUT2D eigenvalue weighted by Crippen LogP contribution is -2.06. The SMILES string of the molecule is CCc1cc(=O)oc2nc(OCc3c(OC)cccc3OC)nc(O)c12. The second-order valence-corrected chi connectivity index (χ2v) is 5.38. The molecule has 8 heteroatoms. The molecule has 1 N–H and O–H groups in total. The molecule has 0 amide bonds. The van der Waals surface area contributed by atoms with Crippen molar-refractivity contribution < 1.29 is 23.7 Å². The van der Waals surface area contributed by atoms with Gasteiger partial charge in [0, 0.05) is 6.07 Å². The third-order valence-electron chi connectivity index (χ3n) is 3.90. The van der Waals surface area contributed by atoms with Crippen LogP contribution in [0.15, 0.2) is 33.5 Å². The van der Waals surface area contributed by atoms with Gasteiger partial charge in [-0.1, -0.05) is 13.0 Å². The van der Waals surface area contributed by atoms with Gasteiger partial charge in [0.1, 0.15) is 23.5 Å². The number of aryl methyl sites for hydroxylation is 1. The molecule has 0 radical (unpaired) electrons. The maximum atomic E-state index is 11.6. The van der Waals surface area contributed by atoms with E-state index >= 15 is 0 Å². The molecule has 0 aliphatic carbocycles. The van der Waals surface area contributed by atoms with Crippen LogP contribution < -0.4 is 19.8 Å². The summed E-state index contributed by atoms with van der Waals surface area (Å²) in [5, 5.41) is 10.5. The largest absolute Gasteiger partial charge is 0.496 e. The van der Waals surface area contributed by atoms with Crippen LogP contribution in [-0.2, 0) is 13.0 Å². The summed E-state index contributed by atoms with van der Waals surface area (Å²) < 4.78 is 21.3. The average Bonchev–Trinajstić information content (AvgIpc) is 2.64. The van der Waals surface area contributed by atoms with Crippen LogP contribution in [0, 0.1) is 0 Å². The summed E-state index contributed by atoms with van der Waals surface area (Å²) in [5.41, 5.74) is 0.685. The molecule has 0 saturated carbocycles. The minimum Gasteiger partial charge on any atom is -0.496 e. The van der Waals surface area contributed by atoms with Gasteiger partial charge < -0.3 is 23.7 Å². The van der Waals surface area contributed by atoms with Crippen LogP contribution in [0.5, 0.6) is 23.4 Å². The highest BCUT2D eigenvalue weighted by Crippen LogP contribution is 2.30. The molecular formula is C18H18N2O6. The van der Waals surface area contributed by atoms with Gasteiger partial charge in [-0.25, -0.2) is 4.79 Å². The maximum Gasteiger partial charge on any atom is 0.337 e. The molecule has 0 spiro atoms. The Morgan fingerprint density at radius 2 is 1.85 bits per heavy atom. The highest BCUT2D eigenvalue weighted by molar-refractivity contribution is 5.82. The zero-order valence-electron chi connectivity index (χ0n) is 14.6. The number of aromatic nitrogens is 2. The molecule has 0 unspecified atom stereocenters. The van der Waals surface area contributed by atoms with Crippen molar-refractivity contribution in [2.24, 2.45) is 0 Å². The van der Waals surface area contributed by atoms with Gasteiger partial charge in [-0.05, 0) is 24.1 Å². The number of benzene rings is 1. The summed E-state index contributed by atoms with van der Waals surface area (Å²) in [4.78, 5) is 19.7. The van der Waals surface area contributed by atoms with Gasteiger partial charge in [-0.15, -0.1) is 0 Å². The summed E-state index contributed by atoms with van der Waals surface area (Å²) in [6.07, 6.45) is 0.525. The van der Waals surface area contributed by atoms with E-state index in [1.54, 1.807) is 18.2 Å². The zero-order valence-corrected chi connectivity index (χ0v) is 14.6. The molecule has 2 aromatic heterocycles. The number of methoxy groups -OCH3 is 2. The molecule has 0 aliphatic heterocycles. The lowest BCUT2D eigenvalue weighted by molar-refractivity contribution is 0.262. The monoisotopic (exact) mass is 358 g/mol. The number of rotatable bonds is 6. The van der Waals surface area contributed by atoms with Crippen molar-refractivity contribution in [3.63, 3.8) is 0 Å². The molecule has 0 aliphatic rings. The second-order valence-electron chi connectivity index (χ2n) is 5.38. The Morgan fingerprint density at radius 3 is 2.46 bits per heavy atom. The van der Waals surface area contributed by atoms with E-state index in [4.69, 9.17) is 18.6 Å². The van der Waals surface area contributed by atoms with Crippen LogP contribution in [0.3, 0.4) is 0 Å². The summed E-state index contributed by atoms with van der Waals surface area (Å²) in [6.45, 7) is 1.89. The predicted molar refractivity (Wildman–Crippen MR) is 93.0 cm³/mol. The Kier molecular flexibility index (Phi) is 4.92. The molecule has 0 fully saturated rings. The summed E-state index contributed by atoms with van der Waals surface area (Å²) in [6, 6.07) is 6.52. The first kappa shape index (κ1) is 17.5. The van der Waals surface area contributed by atoms with Crippen molar-refractivity contribution in [1.82, 2.24) is 9.97 Å². The van der Waals surface area contributed by atoms with Crippen LogP contribution in [-0.4, -0.2) is 29.3 Å². The van der Waals surface area contributed by atoms with Crippen LogP contribution in [0.4, 0.5) is 0 Å². The highest BCUT2D eigenvalue weighted by atomic mass is 16.5.